The molecule has 1 fully saturated rings. The van der Waals surface area contributed by atoms with Gasteiger partial charge >= 0.3 is 0 Å². The molecular formula is C26H28N4O. The van der Waals surface area contributed by atoms with Crippen molar-refractivity contribution in [3.63, 3.8) is 0 Å². The maximum Gasteiger partial charge on any atom is 0.195 e. The number of hydrogen-bond acceptors (Lipinski definition) is 4. The van der Waals surface area contributed by atoms with Crippen LogP contribution in [0.5, 0.6) is 0 Å². The Morgan fingerprint density at radius 1 is 1.16 bits per heavy atom. The van der Waals surface area contributed by atoms with Crippen LogP contribution < -0.4 is 5.32 Å². The Labute approximate surface area is 183 Å². The molecule has 2 aliphatic rings. The van der Waals surface area contributed by atoms with Gasteiger partial charge < -0.3 is 15.2 Å². The van der Waals surface area contributed by atoms with Crippen LogP contribution in [0.4, 0.5) is 0 Å². The standard InChI is InChI=1S/C26H28N4O/c1-16-17(2)22-21(14-18(16)15-27)29-25-23(22)26(31)20-9-5-4-8-19(20)24(25)28-10-13-30-11-6-3-7-12-30/h4-5,8-9,14,24,28-29H,3,6-7,10-13H2,1-2H3. The van der Waals surface area contributed by atoms with Gasteiger partial charge in [0, 0.05) is 35.2 Å². The van der Waals surface area contributed by atoms with Crippen molar-refractivity contribution in [2.75, 3.05) is 26.2 Å². The first-order valence-electron chi connectivity index (χ1n) is 11.3. The summed E-state index contributed by atoms with van der Waals surface area (Å²) in [7, 11) is 0. The average Bonchev–Trinajstić information content (AvgIpc) is 3.19. The van der Waals surface area contributed by atoms with Crippen LogP contribution in [0.15, 0.2) is 30.3 Å². The Morgan fingerprint density at radius 2 is 1.94 bits per heavy atom. The molecule has 1 aliphatic heterocycles. The molecular weight excluding hydrogens is 384 g/mol. The van der Waals surface area contributed by atoms with Crippen LogP contribution in [0.3, 0.4) is 0 Å². The first-order valence-corrected chi connectivity index (χ1v) is 11.3. The van der Waals surface area contributed by atoms with Crippen LogP contribution >= 0.6 is 0 Å². The fourth-order valence-corrected chi connectivity index (χ4v) is 5.26. The molecule has 5 rings (SSSR count). The predicted octanol–water partition coefficient (Wildman–Crippen LogP) is 4.37. The summed E-state index contributed by atoms with van der Waals surface area (Å²) in [4.78, 5) is 19.6. The van der Waals surface area contributed by atoms with E-state index in [1.807, 2.05) is 38.1 Å². The van der Waals surface area contributed by atoms with E-state index >= 15 is 0 Å². The molecule has 5 nitrogen and oxygen atoms in total. The zero-order valence-corrected chi connectivity index (χ0v) is 18.2. The third-order valence-electron chi connectivity index (χ3n) is 7.07. The second-order valence-corrected chi connectivity index (χ2v) is 8.83. The first-order chi connectivity index (χ1) is 15.1. The highest BCUT2D eigenvalue weighted by atomic mass is 16.1. The third-order valence-corrected chi connectivity index (χ3v) is 7.07. The van der Waals surface area contributed by atoms with E-state index in [4.69, 9.17) is 0 Å². The molecule has 1 unspecified atom stereocenters. The van der Waals surface area contributed by atoms with Gasteiger partial charge in [0.2, 0.25) is 0 Å². The Bertz CT molecular complexity index is 1210. The number of benzene rings is 2. The molecule has 0 saturated carbocycles. The largest absolute Gasteiger partial charge is 0.356 e. The number of likely N-dealkylation sites (tertiary alicyclic amines) is 1. The molecule has 158 valence electrons. The second-order valence-electron chi connectivity index (χ2n) is 8.83. The number of nitriles is 1. The molecule has 31 heavy (non-hydrogen) atoms. The van der Waals surface area contributed by atoms with Gasteiger partial charge in [-0.3, -0.25) is 4.79 Å². The average molecular weight is 413 g/mol. The Hall–Kier alpha value is -2.94. The molecule has 0 amide bonds. The van der Waals surface area contributed by atoms with Crippen LogP contribution in [0.1, 0.15) is 69.2 Å². The van der Waals surface area contributed by atoms with Gasteiger partial charge in [0.05, 0.1) is 23.2 Å². The van der Waals surface area contributed by atoms with E-state index in [2.05, 4.69) is 27.3 Å². The summed E-state index contributed by atoms with van der Waals surface area (Å²) < 4.78 is 0. The van der Waals surface area contributed by atoms with E-state index in [0.717, 1.165) is 57.5 Å². The normalized spacial score (nSPS) is 18.6. The van der Waals surface area contributed by atoms with Gasteiger partial charge in [-0.15, -0.1) is 0 Å². The second kappa shape index (κ2) is 7.96. The summed E-state index contributed by atoms with van der Waals surface area (Å²) in [5.74, 6) is 0.0677. The number of fused-ring (bicyclic) bond motifs is 4. The maximum atomic E-state index is 13.5. The molecule has 3 aromatic rings. The summed E-state index contributed by atoms with van der Waals surface area (Å²) in [5, 5.41) is 14.2. The molecule has 1 aliphatic carbocycles. The van der Waals surface area contributed by atoms with Gasteiger partial charge in [-0.25, -0.2) is 0 Å². The number of nitrogens with one attached hydrogen (secondary N) is 2. The molecule has 1 saturated heterocycles. The number of carbonyl (C=O) groups is 1. The smallest absolute Gasteiger partial charge is 0.195 e. The van der Waals surface area contributed by atoms with Gasteiger partial charge in [0.25, 0.3) is 0 Å². The summed E-state index contributed by atoms with van der Waals surface area (Å²) >= 11 is 0. The van der Waals surface area contributed by atoms with Gasteiger partial charge in [-0.2, -0.15) is 5.26 Å². The lowest BCUT2D eigenvalue weighted by Gasteiger charge is -2.29. The minimum atomic E-state index is -0.0636. The van der Waals surface area contributed by atoms with E-state index in [-0.39, 0.29) is 11.8 Å². The molecule has 0 radical (unpaired) electrons. The quantitative estimate of drug-likeness (QED) is 0.668. The van der Waals surface area contributed by atoms with Crippen LogP contribution in [-0.2, 0) is 0 Å². The van der Waals surface area contributed by atoms with Crippen LogP contribution in [0, 0.1) is 25.2 Å². The number of nitrogens with zero attached hydrogens (tertiary/aromatic N) is 2. The van der Waals surface area contributed by atoms with Crippen molar-refractivity contribution in [3.8, 4) is 6.07 Å². The monoisotopic (exact) mass is 412 g/mol. The van der Waals surface area contributed by atoms with E-state index in [1.165, 1.54) is 32.4 Å². The zero-order chi connectivity index (χ0) is 21.5. The Kier molecular flexibility index (Phi) is 5.13. The van der Waals surface area contributed by atoms with Gasteiger partial charge in [0.1, 0.15) is 0 Å². The van der Waals surface area contributed by atoms with Crippen LogP contribution in [0.2, 0.25) is 0 Å². The van der Waals surface area contributed by atoms with Gasteiger partial charge in [-0.1, -0.05) is 30.7 Å². The van der Waals surface area contributed by atoms with Crippen molar-refractivity contribution in [3.05, 3.63) is 69.4 Å². The summed E-state index contributed by atoms with van der Waals surface area (Å²) in [6.45, 7) is 8.20. The summed E-state index contributed by atoms with van der Waals surface area (Å²) in [6.07, 6.45) is 3.91. The third kappa shape index (κ3) is 3.27. The molecule has 0 spiro atoms. The molecule has 2 N–H and O–H groups in total. The van der Waals surface area contributed by atoms with E-state index < -0.39 is 0 Å². The van der Waals surface area contributed by atoms with Gasteiger partial charge in [0.15, 0.2) is 5.78 Å². The van der Waals surface area contributed by atoms with E-state index in [1.54, 1.807) is 0 Å². The summed E-state index contributed by atoms with van der Waals surface area (Å²) in [6, 6.07) is 12.0. The molecule has 5 heteroatoms. The highest BCUT2D eigenvalue weighted by Gasteiger charge is 2.34. The number of piperidine rings is 1. The number of H-pyrrole nitrogens is 1. The number of hydrogen-bond donors (Lipinski definition) is 2. The lowest BCUT2D eigenvalue weighted by molar-refractivity contribution is 0.103. The molecule has 0 bridgehead atoms. The van der Waals surface area contributed by atoms with Gasteiger partial charge in [-0.05, 0) is 62.5 Å². The SMILES string of the molecule is Cc1c(C#N)cc2[nH]c3c(c2c1C)C(=O)c1ccccc1C3NCCN1CCCCC1. The van der Waals surface area contributed by atoms with Crippen molar-refractivity contribution in [1.29, 1.82) is 5.26 Å². The number of aromatic amines is 1. The molecule has 2 heterocycles. The number of carbonyl (C=O) groups excluding carboxylic acids is 1. The molecule has 1 aromatic heterocycles. The lowest BCUT2D eigenvalue weighted by Crippen LogP contribution is -2.38. The Balaban J connectivity index is 1.58. The topological polar surface area (TPSA) is 71.9 Å². The van der Waals surface area contributed by atoms with E-state index in [0.29, 0.717) is 5.56 Å². The minimum Gasteiger partial charge on any atom is -0.356 e. The molecule has 2 aromatic carbocycles. The van der Waals surface area contributed by atoms with Crippen molar-refractivity contribution in [1.82, 2.24) is 15.2 Å². The van der Waals surface area contributed by atoms with E-state index in [9.17, 15) is 10.1 Å². The maximum absolute atomic E-state index is 13.5. The fraction of sp³-hybridized carbons (Fsp3) is 0.385. The highest BCUT2D eigenvalue weighted by molar-refractivity contribution is 6.20. The van der Waals surface area contributed by atoms with Crippen molar-refractivity contribution in [2.24, 2.45) is 0 Å². The van der Waals surface area contributed by atoms with Crippen LogP contribution in [0.25, 0.3) is 10.9 Å². The van der Waals surface area contributed by atoms with Crippen molar-refractivity contribution >= 4 is 16.7 Å². The van der Waals surface area contributed by atoms with Crippen molar-refractivity contribution in [2.45, 2.75) is 39.2 Å². The number of aromatic nitrogens is 1. The fourth-order valence-electron chi connectivity index (χ4n) is 5.26. The minimum absolute atomic E-state index is 0.0636. The number of ketones is 1. The first kappa shape index (κ1) is 20.0. The molecule has 1 atom stereocenters. The van der Waals surface area contributed by atoms with Crippen LogP contribution in [-0.4, -0.2) is 41.8 Å². The number of aryl methyl sites for hydroxylation is 1. The van der Waals surface area contributed by atoms with Crippen molar-refractivity contribution < 1.29 is 4.79 Å². The summed E-state index contributed by atoms with van der Waals surface area (Å²) in [5.41, 5.74) is 6.96. The zero-order valence-electron chi connectivity index (χ0n) is 18.2. The number of rotatable bonds is 4. The predicted molar refractivity (Wildman–Crippen MR) is 122 cm³/mol. The highest BCUT2D eigenvalue weighted by Crippen LogP contribution is 2.40. The Morgan fingerprint density at radius 3 is 2.71 bits per heavy atom. The lowest BCUT2D eigenvalue weighted by atomic mass is 9.83.